The molecule has 2 heterocycles. The van der Waals surface area contributed by atoms with Gasteiger partial charge >= 0.3 is 0 Å². The lowest BCUT2D eigenvalue weighted by Crippen LogP contribution is -2.47. The number of pyridine rings is 1. The number of hydrogen-bond acceptors (Lipinski definition) is 3. The molecule has 1 aromatic heterocycles. The Labute approximate surface area is 142 Å². The van der Waals surface area contributed by atoms with Crippen LogP contribution in [0, 0.1) is 0 Å². The molecule has 0 N–H and O–H groups in total. The fourth-order valence-electron chi connectivity index (χ4n) is 2.49. The quantitative estimate of drug-likeness (QED) is 0.758. The van der Waals surface area contributed by atoms with Crippen LogP contribution in [0.5, 0.6) is 0 Å². The first-order valence-electron chi connectivity index (χ1n) is 6.70. The van der Waals surface area contributed by atoms with Gasteiger partial charge in [-0.3, -0.25) is 0 Å². The fourth-order valence-corrected chi connectivity index (χ4v) is 3.56. The number of piperazine rings is 1. The standard InChI is InChI=1S/C15H14BrCl2N3/c16-14-9-12(18)10-19-15(14)21-6-4-20(5-7-21)13-3-1-2-11(17)8-13/h1-3,8-10H,4-7H2. The number of rotatable bonds is 2. The third-order valence-corrected chi connectivity index (χ3v) is 4.57. The molecule has 3 nitrogen and oxygen atoms in total. The lowest BCUT2D eigenvalue weighted by molar-refractivity contribution is 0.646. The third kappa shape index (κ3) is 3.44. The van der Waals surface area contributed by atoms with Crippen LogP contribution >= 0.6 is 39.1 Å². The van der Waals surface area contributed by atoms with Crippen molar-refractivity contribution in [2.24, 2.45) is 0 Å². The molecule has 0 spiro atoms. The number of aromatic nitrogens is 1. The molecule has 1 aliphatic heterocycles. The van der Waals surface area contributed by atoms with E-state index in [1.54, 1.807) is 6.20 Å². The maximum atomic E-state index is 6.06. The van der Waals surface area contributed by atoms with Crippen molar-refractivity contribution in [1.82, 2.24) is 4.98 Å². The Morgan fingerprint density at radius 3 is 2.33 bits per heavy atom. The molecule has 0 amide bonds. The number of halogens is 3. The van der Waals surface area contributed by atoms with E-state index in [1.165, 1.54) is 5.69 Å². The Morgan fingerprint density at radius 1 is 0.952 bits per heavy atom. The Morgan fingerprint density at radius 2 is 1.67 bits per heavy atom. The van der Waals surface area contributed by atoms with Gasteiger partial charge in [-0.1, -0.05) is 29.3 Å². The maximum absolute atomic E-state index is 6.06. The molecule has 6 heteroatoms. The molecule has 1 aliphatic rings. The molecule has 3 rings (SSSR count). The Kier molecular flexibility index (Phi) is 4.57. The number of hydrogen-bond donors (Lipinski definition) is 0. The monoisotopic (exact) mass is 385 g/mol. The van der Waals surface area contributed by atoms with Crippen LogP contribution in [0.4, 0.5) is 11.5 Å². The third-order valence-electron chi connectivity index (χ3n) is 3.54. The van der Waals surface area contributed by atoms with Gasteiger partial charge in [0.05, 0.1) is 9.50 Å². The highest BCUT2D eigenvalue weighted by atomic mass is 79.9. The number of benzene rings is 1. The average Bonchev–Trinajstić information content (AvgIpc) is 2.47. The molecule has 0 saturated carbocycles. The van der Waals surface area contributed by atoms with Crippen LogP contribution in [0.15, 0.2) is 41.0 Å². The van der Waals surface area contributed by atoms with Crippen molar-refractivity contribution < 1.29 is 0 Å². The van der Waals surface area contributed by atoms with Gasteiger partial charge in [0, 0.05) is 43.1 Å². The van der Waals surface area contributed by atoms with E-state index in [9.17, 15) is 0 Å². The highest BCUT2D eigenvalue weighted by Gasteiger charge is 2.20. The highest BCUT2D eigenvalue weighted by molar-refractivity contribution is 9.10. The van der Waals surface area contributed by atoms with Crippen LogP contribution in [0.2, 0.25) is 10.0 Å². The molecule has 0 atom stereocenters. The van der Waals surface area contributed by atoms with Crippen molar-refractivity contribution in [1.29, 1.82) is 0 Å². The van der Waals surface area contributed by atoms with Crippen molar-refractivity contribution in [3.63, 3.8) is 0 Å². The van der Waals surface area contributed by atoms with Crippen molar-refractivity contribution >= 4 is 50.6 Å². The van der Waals surface area contributed by atoms with Gasteiger partial charge in [0.25, 0.3) is 0 Å². The van der Waals surface area contributed by atoms with E-state index < -0.39 is 0 Å². The largest absolute Gasteiger partial charge is 0.368 e. The zero-order chi connectivity index (χ0) is 14.8. The smallest absolute Gasteiger partial charge is 0.143 e. The minimum absolute atomic E-state index is 0.642. The van der Waals surface area contributed by atoms with Crippen LogP contribution < -0.4 is 9.80 Å². The van der Waals surface area contributed by atoms with Crippen molar-refractivity contribution in [2.75, 3.05) is 36.0 Å². The Bertz CT molecular complexity index is 643. The first kappa shape index (κ1) is 14.9. The zero-order valence-electron chi connectivity index (χ0n) is 11.3. The Hall–Kier alpha value is -0.970. The summed E-state index contributed by atoms with van der Waals surface area (Å²) in [7, 11) is 0. The molecular weight excluding hydrogens is 373 g/mol. The summed E-state index contributed by atoms with van der Waals surface area (Å²) in [6.07, 6.45) is 1.69. The molecule has 2 aromatic rings. The molecule has 1 aromatic carbocycles. The summed E-state index contributed by atoms with van der Waals surface area (Å²) in [5, 5.41) is 1.42. The summed E-state index contributed by atoms with van der Waals surface area (Å²) >= 11 is 15.5. The van der Waals surface area contributed by atoms with Crippen LogP contribution in [0.3, 0.4) is 0 Å². The van der Waals surface area contributed by atoms with E-state index in [0.717, 1.165) is 41.5 Å². The van der Waals surface area contributed by atoms with E-state index in [2.05, 4.69) is 36.8 Å². The van der Waals surface area contributed by atoms with Gasteiger partial charge in [-0.15, -0.1) is 0 Å². The van der Waals surface area contributed by atoms with Gasteiger partial charge < -0.3 is 9.80 Å². The van der Waals surface area contributed by atoms with Crippen molar-refractivity contribution in [3.8, 4) is 0 Å². The lowest BCUT2D eigenvalue weighted by Gasteiger charge is -2.37. The average molecular weight is 387 g/mol. The molecule has 0 unspecified atom stereocenters. The molecule has 1 saturated heterocycles. The van der Waals surface area contributed by atoms with Gasteiger partial charge in [0.2, 0.25) is 0 Å². The van der Waals surface area contributed by atoms with Crippen LogP contribution in [-0.4, -0.2) is 31.2 Å². The SMILES string of the molecule is Clc1cccc(N2CCN(c3ncc(Cl)cc3Br)CC2)c1. The second kappa shape index (κ2) is 6.42. The first-order chi connectivity index (χ1) is 10.1. The fraction of sp³-hybridized carbons (Fsp3) is 0.267. The molecule has 110 valence electrons. The van der Waals surface area contributed by atoms with Crippen LogP contribution in [0.1, 0.15) is 0 Å². The van der Waals surface area contributed by atoms with Gasteiger partial charge in [-0.25, -0.2) is 4.98 Å². The predicted molar refractivity (Wildman–Crippen MR) is 92.8 cm³/mol. The summed E-state index contributed by atoms with van der Waals surface area (Å²) in [6, 6.07) is 9.87. The topological polar surface area (TPSA) is 19.4 Å². The minimum Gasteiger partial charge on any atom is -0.368 e. The predicted octanol–water partition coefficient (Wildman–Crippen LogP) is 4.48. The summed E-state index contributed by atoms with van der Waals surface area (Å²) < 4.78 is 0.936. The minimum atomic E-state index is 0.642. The van der Waals surface area contributed by atoms with Gasteiger partial charge in [-0.2, -0.15) is 0 Å². The molecule has 0 aliphatic carbocycles. The maximum Gasteiger partial charge on any atom is 0.143 e. The van der Waals surface area contributed by atoms with Gasteiger partial charge in [-0.05, 0) is 40.2 Å². The van der Waals surface area contributed by atoms with E-state index >= 15 is 0 Å². The first-order valence-corrected chi connectivity index (χ1v) is 8.25. The van der Waals surface area contributed by atoms with Crippen molar-refractivity contribution in [2.45, 2.75) is 0 Å². The molecule has 0 bridgehead atoms. The van der Waals surface area contributed by atoms with Crippen LogP contribution in [0.25, 0.3) is 0 Å². The van der Waals surface area contributed by atoms with E-state index in [4.69, 9.17) is 23.2 Å². The zero-order valence-corrected chi connectivity index (χ0v) is 14.4. The summed E-state index contributed by atoms with van der Waals surface area (Å²) in [5.41, 5.74) is 1.17. The summed E-state index contributed by atoms with van der Waals surface area (Å²) in [4.78, 5) is 9.03. The summed E-state index contributed by atoms with van der Waals surface area (Å²) in [6.45, 7) is 3.72. The van der Waals surface area contributed by atoms with E-state index in [-0.39, 0.29) is 0 Å². The molecule has 1 fully saturated rings. The van der Waals surface area contributed by atoms with Crippen molar-refractivity contribution in [3.05, 3.63) is 51.0 Å². The normalized spacial score (nSPS) is 15.4. The number of nitrogens with zero attached hydrogens (tertiary/aromatic N) is 3. The Balaban J connectivity index is 1.70. The summed E-state index contributed by atoms with van der Waals surface area (Å²) in [5.74, 6) is 0.949. The van der Waals surface area contributed by atoms with Gasteiger partial charge in [0.15, 0.2) is 0 Å². The van der Waals surface area contributed by atoms with Gasteiger partial charge in [0.1, 0.15) is 5.82 Å². The molecular formula is C15H14BrCl2N3. The van der Waals surface area contributed by atoms with E-state index in [0.29, 0.717) is 5.02 Å². The number of anilines is 2. The van der Waals surface area contributed by atoms with Crippen LogP contribution in [-0.2, 0) is 0 Å². The van der Waals surface area contributed by atoms with E-state index in [1.807, 2.05) is 24.3 Å². The highest BCUT2D eigenvalue weighted by Crippen LogP contribution is 2.28. The second-order valence-corrected chi connectivity index (χ2v) is 6.64. The second-order valence-electron chi connectivity index (χ2n) is 4.91. The lowest BCUT2D eigenvalue weighted by atomic mass is 10.2. The molecule has 0 radical (unpaired) electrons. The molecule has 21 heavy (non-hydrogen) atoms.